The number of rotatable bonds is 3. The fraction of sp³-hybridized carbons (Fsp3) is 0.250. The lowest BCUT2D eigenvalue weighted by molar-refractivity contribution is 0.473. The van der Waals surface area contributed by atoms with E-state index >= 15 is 0 Å². The number of pyridine rings is 1. The number of anilines is 1. The third-order valence-corrected chi connectivity index (χ3v) is 2.52. The Hall–Kier alpha value is -1.84. The summed E-state index contributed by atoms with van der Waals surface area (Å²) in [5.74, 6) is 0. The first kappa shape index (κ1) is 10.7. The summed E-state index contributed by atoms with van der Waals surface area (Å²) in [7, 11) is 0. The van der Waals surface area contributed by atoms with Crippen LogP contribution in [0.15, 0.2) is 29.1 Å². The molecule has 0 saturated carbocycles. The summed E-state index contributed by atoms with van der Waals surface area (Å²) in [6.07, 6.45) is 1.02. The number of hydrogen-bond acceptors (Lipinski definition) is 2. The predicted molar refractivity (Wildman–Crippen MR) is 63.3 cm³/mol. The summed E-state index contributed by atoms with van der Waals surface area (Å²) in [6, 6.07) is 6.77. The molecule has 16 heavy (non-hydrogen) atoms. The average molecular weight is 220 g/mol. The molecule has 0 fully saturated rings. The zero-order chi connectivity index (χ0) is 11.5. The molecule has 3 N–H and O–H groups in total. The van der Waals surface area contributed by atoms with Crippen molar-refractivity contribution in [2.24, 2.45) is 0 Å². The SMILES string of the molecule is Nc1cc(CCCF)c2[nH]c(=O)ccc2c1. The van der Waals surface area contributed by atoms with Gasteiger partial charge in [0.15, 0.2) is 0 Å². The minimum atomic E-state index is -0.368. The highest BCUT2D eigenvalue weighted by atomic mass is 19.1. The second-order valence-electron chi connectivity index (χ2n) is 3.76. The van der Waals surface area contributed by atoms with Gasteiger partial charge in [-0.05, 0) is 36.6 Å². The Balaban J connectivity index is 2.60. The van der Waals surface area contributed by atoms with Gasteiger partial charge < -0.3 is 10.7 Å². The number of nitrogen functional groups attached to an aromatic ring is 1. The number of nitrogens with one attached hydrogen (secondary N) is 1. The number of hydrogen-bond donors (Lipinski definition) is 2. The molecule has 0 amide bonds. The van der Waals surface area contributed by atoms with Crippen LogP contribution in [0.5, 0.6) is 0 Å². The second-order valence-corrected chi connectivity index (χ2v) is 3.76. The quantitative estimate of drug-likeness (QED) is 0.777. The molecule has 4 heteroatoms. The first-order chi connectivity index (χ1) is 7.70. The second kappa shape index (κ2) is 4.35. The van der Waals surface area contributed by atoms with Gasteiger partial charge in [-0.15, -0.1) is 0 Å². The zero-order valence-electron chi connectivity index (χ0n) is 8.79. The average Bonchev–Trinajstić information content (AvgIpc) is 2.26. The molecule has 0 bridgehead atoms. The van der Waals surface area contributed by atoms with Crippen LogP contribution in [0, 0.1) is 0 Å². The van der Waals surface area contributed by atoms with E-state index in [0.717, 1.165) is 16.5 Å². The van der Waals surface area contributed by atoms with Crippen LogP contribution in [-0.2, 0) is 6.42 Å². The molecule has 2 aromatic rings. The van der Waals surface area contributed by atoms with Crippen LogP contribution in [0.4, 0.5) is 10.1 Å². The summed E-state index contributed by atoms with van der Waals surface area (Å²) in [4.78, 5) is 14.0. The smallest absolute Gasteiger partial charge is 0.248 e. The predicted octanol–water partition coefficient (Wildman–Crippen LogP) is 2.01. The topological polar surface area (TPSA) is 58.9 Å². The third-order valence-electron chi connectivity index (χ3n) is 2.52. The van der Waals surface area contributed by atoms with Crippen molar-refractivity contribution in [3.05, 3.63) is 40.2 Å². The number of aryl methyl sites for hydroxylation is 1. The van der Waals surface area contributed by atoms with Gasteiger partial charge in [0.05, 0.1) is 12.2 Å². The molecule has 1 aromatic heterocycles. The monoisotopic (exact) mass is 220 g/mol. The first-order valence-corrected chi connectivity index (χ1v) is 5.18. The number of benzene rings is 1. The van der Waals surface area contributed by atoms with Gasteiger partial charge in [0.2, 0.25) is 5.56 Å². The van der Waals surface area contributed by atoms with Crippen LogP contribution in [0.2, 0.25) is 0 Å². The summed E-state index contributed by atoms with van der Waals surface area (Å²) < 4.78 is 12.2. The van der Waals surface area contributed by atoms with Crippen LogP contribution in [-0.4, -0.2) is 11.7 Å². The minimum absolute atomic E-state index is 0.154. The molecule has 0 radical (unpaired) electrons. The van der Waals surface area contributed by atoms with Gasteiger partial charge in [-0.1, -0.05) is 0 Å². The molecule has 2 rings (SSSR count). The standard InChI is InChI=1S/C12H13FN2O/c13-5-1-2-8-6-10(14)7-9-3-4-11(16)15-12(8)9/h3-4,6-7H,1-2,5,14H2,(H,15,16). The fourth-order valence-electron chi connectivity index (χ4n) is 1.82. The maximum absolute atomic E-state index is 12.2. The van der Waals surface area contributed by atoms with E-state index < -0.39 is 0 Å². The van der Waals surface area contributed by atoms with Crippen LogP contribution >= 0.6 is 0 Å². The summed E-state index contributed by atoms with van der Waals surface area (Å²) >= 11 is 0. The lowest BCUT2D eigenvalue weighted by atomic mass is 10.0. The number of fused-ring (bicyclic) bond motifs is 1. The van der Waals surface area contributed by atoms with E-state index in [1.165, 1.54) is 6.07 Å². The first-order valence-electron chi connectivity index (χ1n) is 5.18. The largest absolute Gasteiger partial charge is 0.399 e. The number of alkyl halides is 1. The molecule has 0 aliphatic rings. The maximum Gasteiger partial charge on any atom is 0.248 e. The highest BCUT2D eigenvalue weighted by molar-refractivity contribution is 5.85. The van der Waals surface area contributed by atoms with E-state index in [9.17, 15) is 9.18 Å². The molecule has 0 unspecified atom stereocenters. The molecule has 1 aromatic carbocycles. The highest BCUT2D eigenvalue weighted by Gasteiger charge is 2.03. The lowest BCUT2D eigenvalue weighted by Crippen LogP contribution is -2.05. The molecule has 0 saturated heterocycles. The van der Waals surface area contributed by atoms with Gasteiger partial charge in [-0.3, -0.25) is 9.18 Å². The highest BCUT2D eigenvalue weighted by Crippen LogP contribution is 2.20. The Morgan fingerprint density at radius 1 is 1.31 bits per heavy atom. The zero-order valence-corrected chi connectivity index (χ0v) is 8.79. The molecular formula is C12H13FN2O. The molecule has 0 aliphatic heterocycles. The fourth-order valence-corrected chi connectivity index (χ4v) is 1.82. The Morgan fingerprint density at radius 2 is 2.12 bits per heavy atom. The number of nitrogens with two attached hydrogens (primary N) is 1. The summed E-state index contributed by atoms with van der Waals surface area (Å²) in [5.41, 5.74) is 7.88. The van der Waals surface area contributed by atoms with E-state index in [1.807, 2.05) is 0 Å². The molecule has 0 aliphatic carbocycles. The normalized spacial score (nSPS) is 10.8. The molecule has 1 heterocycles. The van der Waals surface area contributed by atoms with Crippen molar-refractivity contribution in [2.75, 3.05) is 12.4 Å². The van der Waals surface area contributed by atoms with Gasteiger partial charge >= 0.3 is 0 Å². The number of aromatic amines is 1. The van der Waals surface area contributed by atoms with E-state index in [2.05, 4.69) is 4.98 Å². The summed E-state index contributed by atoms with van der Waals surface area (Å²) in [5, 5.41) is 0.883. The van der Waals surface area contributed by atoms with Crippen molar-refractivity contribution in [3.63, 3.8) is 0 Å². The van der Waals surface area contributed by atoms with Crippen molar-refractivity contribution < 1.29 is 4.39 Å². The number of halogens is 1. The van der Waals surface area contributed by atoms with Gasteiger partial charge in [-0.25, -0.2) is 0 Å². The summed E-state index contributed by atoms with van der Waals surface area (Å²) in [6.45, 7) is -0.368. The van der Waals surface area contributed by atoms with E-state index in [4.69, 9.17) is 5.73 Å². The van der Waals surface area contributed by atoms with Crippen molar-refractivity contribution in [1.82, 2.24) is 4.98 Å². The maximum atomic E-state index is 12.2. The van der Waals surface area contributed by atoms with Gasteiger partial charge in [0.25, 0.3) is 0 Å². The van der Waals surface area contributed by atoms with Crippen LogP contribution < -0.4 is 11.3 Å². The van der Waals surface area contributed by atoms with Crippen molar-refractivity contribution in [1.29, 1.82) is 0 Å². The van der Waals surface area contributed by atoms with Gasteiger partial charge in [0, 0.05) is 17.1 Å². The van der Waals surface area contributed by atoms with Crippen molar-refractivity contribution in [2.45, 2.75) is 12.8 Å². The number of H-pyrrole nitrogens is 1. The Bertz CT molecular complexity index is 562. The Labute approximate surface area is 92.1 Å². The minimum Gasteiger partial charge on any atom is -0.399 e. The van der Waals surface area contributed by atoms with Crippen LogP contribution in [0.25, 0.3) is 10.9 Å². The van der Waals surface area contributed by atoms with Crippen LogP contribution in [0.1, 0.15) is 12.0 Å². The van der Waals surface area contributed by atoms with E-state index in [-0.39, 0.29) is 12.2 Å². The Morgan fingerprint density at radius 3 is 2.88 bits per heavy atom. The van der Waals surface area contributed by atoms with Gasteiger partial charge in [-0.2, -0.15) is 0 Å². The number of aromatic nitrogens is 1. The van der Waals surface area contributed by atoms with Crippen molar-refractivity contribution in [3.8, 4) is 0 Å². The van der Waals surface area contributed by atoms with Crippen LogP contribution in [0.3, 0.4) is 0 Å². The molecule has 0 spiro atoms. The lowest BCUT2D eigenvalue weighted by Gasteiger charge is -2.06. The van der Waals surface area contributed by atoms with Gasteiger partial charge in [0.1, 0.15) is 0 Å². The molecular weight excluding hydrogens is 207 g/mol. The third kappa shape index (κ3) is 2.05. The molecule has 0 atom stereocenters. The van der Waals surface area contributed by atoms with E-state index in [1.54, 1.807) is 18.2 Å². The Kier molecular flexibility index (Phi) is 2.90. The molecule has 84 valence electrons. The van der Waals surface area contributed by atoms with Crippen molar-refractivity contribution >= 4 is 16.6 Å². The molecule has 3 nitrogen and oxygen atoms in total. The van der Waals surface area contributed by atoms with E-state index in [0.29, 0.717) is 18.5 Å².